The Morgan fingerprint density at radius 1 is 1.03 bits per heavy atom. The molecule has 7 heteroatoms. The summed E-state index contributed by atoms with van der Waals surface area (Å²) in [7, 11) is 0. The number of nitrogens with zero attached hydrogens (tertiary/aromatic N) is 2. The van der Waals surface area contributed by atoms with Gasteiger partial charge in [-0.25, -0.2) is 0 Å². The number of hydrogen-bond donors (Lipinski definition) is 1. The number of nitro groups is 1. The summed E-state index contributed by atoms with van der Waals surface area (Å²) in [4.78, 5) is 38.4. The lowest BCUT2D eigenvalue weighted by molar-refractivity contribution is -0.385. The number of hydrogen-bond acceptors (Lipinski definition) is 5. The second kappa shape index (κ2) is 7.77. The molecule has 0 saturated heterocycles. The summed E-state index contributed by atoms with van der Waals surface area (Å²) >= 11 is 0. The molecule has 4 rings (SSSR count). The number of carbonyl (C=O) groups is 2. The highest BCUT2D eigenvalue weighted by molar-refractivity contribution is 6.11. The van der Waals surface area contributed by atoms with Crippen molar-refractivity contribution in [3.63, 3.8) is 0 Å². The van der Waals surface area contributed by atoms with Crippen LogP contribution in [0.2, 0.25) is 0 Å². The summed E-state index contributed by atoms with van der Waals surface area (Å²) in [6.07, 6.45) is -0.585. The van der Waals surface area contributed by atoms with Gasteiger partial charge in [0.2, 0.25) is 0 Å². The summed E-state index contributed by atoms with van der Waals surface area (Å²) in [5, 5.41) is 22.7. The van der Waals surface area contributed by atoms with Crippen LogP contribution < -0.4 is 4.90 Å². The second-order valence-electron chi connectivity index (χ2n) is 7.63. The molecule has 1 atom stereocenters. The predicted octanol–water partition coefficient (Wildman–Crippen LogP) is 3.91. The number of aliphatic hydroxyl groups is 1. The number of carbonyl (C=O) groups excluding carboxylic acids is 2. The molecular formula is C24H20N2O5. The Labute approximate surface area is 178 Å². The lowest BCUT2D eigenvalue weighted by Crippen LogP contribution is -2.41. The van der Waals surface area contributed by atoms with Crippen LogP contribution in [0, 0.1) is 17.0 Å². The molecule has 1 N–H and O–H groups in total. The number of fused-ring (bicyclic) bond motifs is 1. The minimum Gasteiger partial charge on any atom is -0.375 e. The Balaban J connectivity index is 1.69. The molecule has 7 nitrogen and oxygen atoms in total. The second-order valence-corrected chi connectivity index (χ2v) is 7.63. The van der Waals surface area contributed by atoms with E-state index < -0.39 is 28.6 Å². The first kappa shape index (κ1) is 20.4. The number of aryl methyl sites for hydroxylation is 1. The highest BCUT2D eigenvalue weighted by atomic mass is 16.6. The zero-order valence-electron chi connectivity index (χ0n) is 16.8. The number of benzene rings is 3. The Morgan fingerprint density at radius 2 is 1.68 bits per heavy atom. The normalized spacial score (nSPS) is 17.5. The van der Waals surface area contributed by atoms with Crippen LogP contribution in [0.3, 0.4) is 0 Å². The molecule has 0 unspecified atom stereocenters. The van der Waals surface area contributed by atoms with Gasteiger partial charge in [-0.3, -0.25) is 19.7 Å². The number of ketones is 1. The highest BCUT2D eigenvalue weighted by Crippen LogP contribution is 2.43. The molecule has 1 amide bonds. The standard InChI is InChI=1S/C24H20N2O5/c1-16-10-12-17(13-11-16)15-25-21-9-5-3-7-19(21)24(29,23(25)28)14-22(27)18-6-2-4-8-20(18)26(30)31/h2-13,29H,14-15H2,1H3/t24-/m1/s1. The number of para-hydroxylation sites is 2. The smallest absolute Gasteiger partial charge is 0.280 e. The molecular weight excluding hydrogens is 396 g/mol. The first-order valence-corrected chi connectivity index (χ1v) is 9.77. The van der Waals surface area contributed by atoms with Gasteiger partial charge in [0.1, 0.15) is 0 Å². The SMILES string of the molecule is Cc1ccc(CN2C(=O)[C@@](O)(CC(=O)c3ccccc3[N+](=O)[O-])c3ccccc32)cc1. The maximum absolute atomic E-state index is 13.3. The van der Waals surface area contributed by atoms with Crippen molar-refractivity contribution in [3.05, 3.63) is 105 Å². The summed E-state index contributed by atoms with van der Waals surface area (Å²) < 4.78 is 0. The molecule has 3 aromatic rings. The maximum Gasteiger partial charge on any atom is 0.280 e. The monoisotopic (exact) mass is 416 g/mol. The molecule has 1 aliphatic heterocycles. The quantitative estimate of drug-likeness (QED) is 0.373. The van der Waals surface area contributed by atoms with Crippen molar-refractivity contribution in [2.24, 2.45) is 0 Å². The van der Waals surface area contributed by atoms with Crippen molar-refractivity contribution < 1.29 is 19.6 Å². The van der Waals surface area contributed by atoms with E-state index in [1.165, 1.54) is 29.2 Å². The van der Waals surface area contributed by atoms with E-state index in [9.17, 15) is 24.8 Å². The average Bonchev–Trinajstić information content (AvgIpc) is 2.97. The van der Waals surface area contributed by atoms with Crippen molar-refractivity contribution in [1.82, 2.24) is 0 Å². The van der Waals surface area contributed by atoms with Crippen LogP contribution in [0.1, 0.15) is 33.5 Å². The van der Waals surface area contributed by atoms with Crippen LogP contribution in [0.25, 0.3) is 0 Å². The van der Waals surface area contributed by atoms with Crippen molar-refractivity contribution >= 4 is 23.1 Å². The third-order valence-corrected chi connectivity index (χ3v) is 5.52. The topological polar surface area (TPSA) is 101 Å². The first-order valence-electron chi connectivity index (χ1n) is 9.77. The average molecular weight is 416 g/mol. The van der Waals surface area contributed by atoms with Crippen LogP contribution in [0.5, 0.6) is 0 Å². The molecule has 0 aromatic heterocycles. The molecule has 31 heavy (non-hydrogen) atoms. The number of amides is 1. The lowest BCUT2D eigenvalue weighted by atomic mass is 9.88. The minimum atomic E-state index is -2.10. The van der Waals surface area contributed by atoms with Gasteiger partial charge in [0, 0.05) is 11.6 Å². The maximum atomic E-state index is 13.3. The summed E-state index contributed by atoms with van der Waals surface area (Å²) in [5.74, 6) is -1.30. The predicted molar refractivity (Wildman–Crippen MR) is 115 cm³/mol. The van der Waals surface area contributed by atoms with E-state index in [0.717, 1.165) is 11.1 Å². The van der Waals surface area contributed by atoms with E-state index in [1.54, 1.807) is 24.3 Å². The summed E-state index contributed by atoms with van der Waals surface area (Å²) in [6, 6.07) is 20.0. The van der Waals surface area contributed by atoms with Gasteiger partial charge in [-0.05, 0) is 24.6 Å². The van der Waals surface area contributed by atoms with Crippen molar-refractivity contribution in [3.8, 4) is 0 Å². The summed E-state index contributed by atoms with van der Waals surface area (Å²) in [5.41, 5.74) is 0.216. The number of nitro benzene ring substituents is 1. The third-order valence-electron chi connectivity index (χ3n) is 5.52. The van der Waals surface area contributed by atoms with Crippen LogP contribution >= 0.6 is 0 Å². The van der Waals surface area contributed by atoms with E-state index >= 15 is 0 Å². The lowest BCUT2D eigenvalue weighted by Gasteiger charge is -2.23. The van der Waals surface area contributed by atoms with E-state index in [-0.39, 0.29) is 17.8 Å². The fourth-order valence-corrected chi connectivity index (χ4v) is 3.91. The van der Waals surface area contributed by atoms with Crippen molar-refractivity contribution in [2.45, 2.75) is 25.5 Å². The number of rotatable bonds is 6. The number of anilines is 1. The van der Waals surface area contributed by atoms with E-state index in [0.29, 0.717) is 11.3 Å². The molecule has 1 heterocycles. The molecule has 156 valence electrons. The largest absolute Gasteiger partial charge is 0.375 e. The van der Waals surface area contributed by atoms with Crippen LogP contribution in [0.4, 0.5) is 11.4 Å². The Bertz CT molecular complexity index is 1190. The Kier molecular flexibility index (Phi) is 5.12. The van der Waals surface area contributed by atoms with Crippen LogP contribution in [0.15, 0.2) is 72.8 Å². The molecule has 1 aliphatic rings. The van der Waals surface area contributed by atoms with E-state index in [2.05, 4.69) is 0 Å². The van der Waals surface area contributed by atoms with Crippen molar-refractivity contribution in [2.75, 3.05) is 4.90 Å². The van der Waals surface area contributed by atoms with Gasteiger partial charge >= 0.3 is 0 Å². The highest BCUT2D eigenvalue weighted by Gasteiger charge is 2.51. The summed E-state index contributed by atoms with van der Waals surface area (Å²) in [6.45, 7) is 2.20. The molecule has 0 fully saturated rings. The van der Waals surface area contributed by atoms with Gasteiger partial charge in [0.25, 0.3) is 11.6 Å². The van der Waals surface area contributed by atoms with Crippen LogP contribution in [-0.4, -0.2) is 21.7 Å². The van der Waals surface area contributed by atoms with Gasteiger partial charge in [0.15, 0.2) is 11.4 Å². The zero-order valence-corrected chi connectivity index (χ0v) is 16.8. The Hall–Kier alpha value is -3.84. The molecule has 3 aromatic carbocycles. The van der Waals surface area contributed by atoms with Gasteiger partial charge < -0.3 is 10.0 Å². The van der Waals surface area contributed by atoms with Crippen molar-refractivity contribution in [1.29, 1.82) is 0 Å². The third kappa shape index (κ3) is 3.60. The van der Waals surface area contributed by atoms with Gasteiger partial charge in [-0.1, -0.05) is 60.2 Å². The Morgan fingerprint density at radius 3 is 2.39 bits per heavy atom. The molecule has 0 spiro atoms. The molecule has 0 saturated carbocycles. The van der Waals surface area contributed by atoms with Gasteiger partial charge in [-0.15, -0.1) is 0 Å². The van der Waals surface area contributed by atoms with Crippen LogP contribution in [-0.2, 0) is 16.9 Å². The fourth-order valence-electron chi connectivity index (χ4n) is 3.91. The molecule has 0 radical (unpaired) electrons. The van der Waals surface area contributed by atoms with E-state index in [4.69, 9.17) is 0 Å². The fraction of sp³-hybridized carbons (Fsp3) is 0.167. The van der Waals surface area contributed by atoms with Gasteiger partial charge in [-0.2, -0.15) is 0 Å². The first-order chi connectivity index (χ1) is 14.8. The zero-order chi connectivity index (χ0) is 22.2. The van der Waals surface area contributed by atoms with E-state index in [1.807, 2.05) is 31.2 Å². The molecule has 0 aliphatic carbocycles. The minimum absolute atomic E-state index is 0.136. The number of Topliss-reactive ketones (excluding diaryl/α,β-unsaturated/α-hetero) is 1. The molecule has 0 bridgehead atoms. The van der Waals surface area contributed by atoms with Gasteiger partial charge in [0.05, 0.1) is 29.1 Å².